The summed E-state index contributed by atoms with van der Waals surface area (Å²) in [6.45, 7) is 8.37. The van der Waals surface area contributed by atoms with Crippen LogP contribution in [0, 0.1) is 5.92 Å². The Hall–Kier alpha value is -2.94. The topological polar surface area (TPSA) is 84.3 Å². The number of hydrogen-bond donors (Lipinski definition) is 2. The molecule has 2 N–H and O–H groups in total. The van der Waals surface area contributed by atoms with Gasteiger partial charge in [-0.1, -0.05) is 51.4 Å². The molecule has 0 atom stereocenters. The molecule has 0 saturated carbocycles. The maximum Gasteiger partial charge on any atom is 0.339 e. The normalized spacial score (nSPS) is 10.6. The number of rotatable bonds is 9. The van der Waals surface area contributed by atoms with Crippen LogP contribution in [-0.2, 0) is 6.42 Å². The van der Waals surface area contributed by atoms with Crippen LogP contribution in [0.25, 0.3) is 21.7 Å². The Balaban J connectivity index is 0.00000176. The lowest BCUT2D eigenvalue weighted by Gasteiger charge is -2.08. The molecule has 0 amide bonds. The molecule has 4 aromatic rings. The average molecular weight is 544 g/mol. The van der Waals surface area contributed by atoms with E-state index in [2.05, 4.69) is 24.1 Å². The number of hydrogen-bond acceptors (Lipinski definition) is 7. The molecule has 0 spiro atoms. The number of ether oxygens (including phenoxy) is 1. The van der Waals surface area contributed by atoms with Gasteiger partial charge in [0.1, 0.15) is 17.1 Å². The largest absolute Gasteiger partial charge is 0.495 e. The third kappa shape index (κ3) is 6.63. The number of aromatic nitrogens is 2. The molecule has 0 fully saturated rings. The molecule has 36 heavy (non-hydrogen) atoms. The van der Waals surface area contributed by atoms with Crippen molar-refractivity contribution in [1.82, 2.24) is 9.97 Å². The van der Waals surface area contributed by atoms with E-state index >= 15 is 0 Å². The van der Waals surface area contributed by atoms with E-state index in [1.54, 1.807) is 25.4 Å². The fourth-order valence-electron chi connectivity index (χ4n) is 3.43. The van der Waals surface area contributed by atoms with E-state index in [1.165, 1.54) is 22.7 Å². The fourth-order valence-corrected chi connectivity index (χ4v) is 5.33. The Kier molecular flexibility index (Phi) is 9.87. The van der Waals surface area contributed by atoms with Gasteiger partial charge >= 0.3 is 5.97 Å². The number of benzene rings is 1. The van der Waals surface area contributed by atoms with Crippen LogP contribution in [0.3, 0.4) is 0 Å². The van der Waals surface area contributed by atoms with Crippen LogP contribution in [0.5, 0.6) is 5.75 Å². The number of carbonyl (C=O) groups is 1. The number of nitrogens with zero attached hydrogens (tertiary/aromatic N) is 2. The molecule has 9 heteroatoms. The van der Waals surface area contributed by atoms with Crippen molar-refractivity contribution < 1.29 is 14.6 Å². The fraction of sp³-hybridized carbons (Fsp3) is 0.296. The molecule has 0 unspecified atom stereocenters. The van der Waals surface area contributed by atoms with Crippen molar-refractivity contribution in [3.63, 3.8) is 0 Å². The predicted molar refractivity (Wildman–Crippen MR) is 151 cm³/mol. The highest BCUT2D eigenvalue weighted by atomic mass is 35.5. The van der Waals surface area contributed by atoms with Crippen molar-refractivity contribution in [2.75, 3.05) is 12.4 Å². The number of halogens is 1. The molecular formula is C27H30ClN3O3S2. The Morgan fingerprint density at radius 2 is 1.97 bits per heavy atom. The maximum absolute atomic E-state index is 12.0. The third-order valence-electron chi connectivity index (χ3n) is 5.22. The van der Waals surface area contributed by atoms with Gasteiger partial charge in [0, 0.05) is 27.1 Å². The van der Waals surface area contributed by atoms with E-state index in [4.69, 9.17) is 21.3 Å². The molecule has 0 radical (unpaired) electrons. The van der Waals surface area contributed by atoms with E-state index in [0.717, 1.165) is 39.4 Å². The van der Waals surface area contributed by atoms with E-state index in [9.17, 15) is 9.90 Å². The Labute approximate surface area is 225 Å². The minimum absolute atomic E-state index is 0.0968. The molecule has 0 bridgehead atoms. The number of aromatic carboxylic acids is 1. The zero-order valence-corrected chi connectivity index (χ0v) is 23.4. The van der Waals surface area contributed by atoms with E-state index < -0.39 is 5.97 Å². The quantitative estimate of drug-likeness (QED) is 0.220. The summed E-state index contributed by atoms with van der Waals surface area (Å²) in [5.41, 5.74) is 2.59. The zero-order chi connectivity index (χ0) is 26.2. The molecule has 0 aliphatic rings. The number of carboxylic acids is 1. The van der Waals surface area contributed by atoms with Crippen LogP contribution in [-0.4, -0.2) is 28.2 Å². The van der Waals surface area contributed by atoms with Crippen LogP contribution in [0.4, 0.5) is 10.9 Å². The smallest absolute Gasteiger partial charge is 0.339 e. The minimum atomic E-state index is -1.05. The van der Waals surface area contributed by atoms with Gasteiger partial charge in [0.2, 0.25) is 0 Å². The lowest BCUT2D eigenvalue weighted by molar-refractivity contribution is 0.0697. The van der Waals surface area contributed by atoms with Crippen molar-refractivity contribution in [3.05, 3.63) is 63.4 Å². The van der Waals surface area contributed by atoms with Gasteiger partial charge in [0.15, 0.2) is 5.13 Å². The van der Waals surface area contributed by atoms with Gasteiger partial charge in [-0.15, -0.1) is 22.7 Å². The van der Waals surface area contributed by atoms with Crippen LogP contribution >= 0.6 is 34.3 Å². The summed E-state index contributed by atoms with van der Waals surface area (Å²) in [6.07, 6.45) is 3.54. The minimum Gasteiger partial charge on any atom is -0.495 e. The van der Waals surface area contributed by atoms with Crippen molar-refractivity contribution in [2.45, 2.75) is 40.5 Å². The van der Waals surface area contributed by atoms with Gasteiger partial charge in [-0.3, -0.25) is 0 Å². The Bertz CT molecular complexity index is 1300. The van der Waals surface area contributed by atoms with Crippen molar-refractivity contribution in [2.24, 2.45) is 5.92 Å². The van der Waals surface area contributed by atoms with Crippen molar-refractivity contribution >= 4 is 51.2 Å². The molecule has 3 heterocycles. The lowest BCUT2D eigenvalue weighted by atomic mass is 10.0. The SMILES string of the molecule is CC.COc1cc(-c2nc(Nc3ncc(-c4cccs4)cc3C(=O)O)sc2CCC(C)C)ccc1Cl. The van der Waals surface area contributed by atoms with Crippen molar-refractivity contribution in [1.29, 1.82) is 0 Å². The first-order valence-electron chi connectivity index (χ1n) is 11.7. The van der Waals surface area contributed by atoms with E-state index in [1.807, 2.05) is 43.5 Å². The number of methoxy groups -OCH3 is 1. The first kappa shape index (κ1) is 27.6. The number of pyridine rings is 1. The molecule has 0 aliphatic carbocycles. The first-order valence-corrected chi connectivity index (χ1v) is 13.8. The molecule has 190 valence electrons. The van der Waals surface area contributed by atoms with Gasteiger partial charge in [-0.25, -0.2) is 14.8 Å². The summed E-state index contributed by atoms with van der Waals surface area (Å²) < 4.78 is 5.39. The van der Waals surface area contributed by atoms with Crippen LogP contribution in [0.15, 0.2) is 48.0 Å². The summed E-state index contributed by atoms with van der Waals surface area (Å²) in [5, 5.41) is 16.0. The van der Waals surface area contributed by atoms with Gasteiger partial charge in [0.25, 0.3) is 0 Å². The number of nitrogens with one attached hydrogen (secondary N) is 1. The third-order valence-corrected chi connectivity index (χ3v) is 7.48. The van der Waals surface area contributed by atoms with E-state index in [0.29, 0.717) is 21.8 Å². The van der Waals surface area contributed by atoms with Gasteiger partial charge in [0.05, 0.1) is 17.8 Å². The van der Waals surface area contributed by atoms with E-state index in [-0.39, 0.29) is 11.4 Å². The summed E-state index contributed by atoms with van der Waals surface area (Å²) in [5.74, 6) is 0.330. The monoisotopic (exact) mass is 543 g/mol. The predicted octanol–water partition coefficient (Wildman–Crippen LogP) is 8.65. The highest BCUT2D eigenvalue weighted by molar-refractivity contribution is 7.16. The molecule has 4 rings (SSSR count). The summed E-state index contributed by atoms with van der Waals surface area (Å²) in [4.78, 5) is 23.3. The highest BCUT2D eigenvalue weighted by Gasteiger charge is 2.19. The van der Waals surface area contributed by atoms with Gasteiger partial charge in [-0.2, -0.15) is 0 Å². The van der Waals surface area contributed by atoms with Crippen molar-refractivity contribution in [3.8, 4) is 27.4 Å². The molecular weight excluding hydrogens is 514 g/mol. The summed E-state index contributed by atoms with van der Waals surface area (Å²) in [6, 6.07) is 11.1. The molecule has 3 aromatic heterocycles. The second-order valence-corrected chi connectivity index (χ2v) is 10.5. The van der Waals surface area contributed by atoms with Gasteiger partial charge in [-0.05, 0) is 48.4 Å². The Morgan fingerprint density at radius 3 is 2.61 bits per heavy atom. The molecule has 0 saturated heterocycles. The number of thiazole rings is 1. The summed E-state index contributed by atoms with van der Waals surface area (Å²) >= 11 is 9.26. The maximum atomic E-state index is 12.0. The molecule has 6 nitrogen and oxygen atoms in total. The zero-order valence-electron chi connectivity index (χ0n) is 21.0. The number of anilines is 2. The highest BCUT2D eigenvalue weighted by Crippen LogP contribution is 2.38. The molecule has 1 aromatic carbocycles. The first-order chi connectivity index (χ1) is 17.4. The summed E-state index contributed by atoms with van der Waals surface area (Å²) in [7, 11) is 1.58. The molecule has 0 aliphatic heterocycles. The van der Waals surface area contributed by atoms with Crippen LogP contribution < -0.4 is 10.1 Å². The standard InChI is InChI=1S/C25H24ClN3O3S2.C2H6/c1-14(2)6-9-21-22(15-7-8-18(26)19(12-15)32-3)28-25(34-21)29-23-17(24(30)31)11-16(13-27-23)20-5-4-10-33-20;1-2/h4-5,7-8,10-14H,6,9H2,1-3H3,(H,30,31)(H,27,28,29);1-2H3. The average Bonchev–Trinajstić information content (AvgIpc) is 3.55. The second-order valence-electron chi connectivity index (χ2n) is 8.10. The lowest BCUT2D eigenvalue weighted by Crippen LogP contribution is -2.05. The second kappa shape index (κ2) is 12.9. The van der Waals surface area contributed by atoms with Crippen LogP contribution in [0.2, 0.25) is 5.02 Å². The number of carboxylic acid groups (broad SMARTS) is 1. The number of aryl methyl sites for hydroxylation is 1. The number of thiophene rings is 1. The van der Waals surface area contributed by atoms with Gasteiger partial charge < -0.3 is 15.2 Å². The van der Waals surface area contributed by atoms with Crippen LogP contribution in [0.1, 0.15) is 49.4 Å². The Morgan fingerprint density at radius 1 is 1.19 bits per heavy atom.